The highest BCUT2D eigenvalue weighted by Gasteiger charge is 2.31. The molecule has 240 valence electrons. The van der Waals surface area contributed by atoms with E-state index in [-0.39, 0.29) is 18.8 Å². The smallest absolute Gasteiger partial charge is 0.390 e. The van der Waals surface area contributed by atoms with Crippen molar-refractivity contribution in [2.45, 2.75) is 70.3 Å². The molecule has 0 aliphatic carbocycles. The molecule has 0 aromatic heterocycles. The molecule has 44 heavy (non-hydrogen) atoms. The molecular formula is C33H42F3N3O4S. The van der Waals surface area contributed by atoms with Crippen LogP contribution < -0.4 is 14.9 Å². The number of carbonyl (C=O) groups is 1. The van der Waals surface area contributed by atoms with Crippen LogP contribution in [0.3, 0.4) is 0 Å². The molecule has 0 bridgehead atoms. The van der Waals surface area contributed by atoms with E-state index < -0.39 is 40.6 Å². The second-order valence-electron chi connectivity index (χ2n) is 11.3. The molecule has 0 spiro atoms. The molecule has 1 saturated heterocycles. The summed E-state index contributed by atoms with van der Waals surface area (Å²) in [6.45, 7) is 2.65. The summed E-state index contributed by atoms with van der Waals surface area (Å²) in [7, 11) is -3.02. The van der Waals surface area contributed by atoms with E-state index in [0.29, 0.717) is 36.2 Å². The molecule has 0 radical (unpaired) electrons. The summed E-state index contributed by atoms with van der Waals surface area (Å²) in [5.74, 6) is -0.126. The summed E-state index contributed by atoms with van der Waals surface area (Å²) in [6.07, 6.45) is -1.19. The predicted octanol–water partition coefficient (Wildman–Crippen LogP) is 6.81. The second-order valence-corrected chi connectivity index (χ2v) is 13.4. The number of aliphatic hydroxyl groups is 1. The van der Waals surface area contributed by atoms with Gasteiger partial charge in [-0.3, -0.25) is 18.2 Å². The van der Waals surface area contributed by atoms with Gasteiger partial charge in [0.05, 0.1) is 29.1 Å². The molecule has 3 aromatic rings. The fourth-order valence-electron chi connectivity index (χ4n) is 5.43. The molecule has 7 nitrogen and oxygen atoms in total. The van der Waals surface area contributed by atoms with E-state index in [4.69, 9.17) is 0 Å². The van der Waals surface area contributed by atoms with Crippen LogP contribution in [0.1, 0.15) is 65.2 Å². The first-order chi connectivity index (χ1) is 21.0. The number of aliphatic hydroxyl groups excluding tert-OH is 1. The fourth-order valence-corrected chi connectivity index (χ4v) is 7.11. The van der Waals surface area contributed by atoms with E-state index >= 15 is 0 Å². The van der Waals surface area contributed by atoms with Crippen LogP contribution in [-0.2, 0) is 25.6 Å². The van der Waals surface area contributed by atoms with Crippen molar-refractivity contribution in [3.05, 3.63) is 101 Å². The number of amides is 1. The van der Waals surface area contributed by atoms with Crippen LogP contribution in [0.15, 0.2) is 72.8 Å². The molecular weight excluding hydrogens is 591 g/mol. The number of rotatable bonds is 12. The van der Waals surface area contributed by atoms with Crippen molar-refractivity contribution in [2.75, 3.05) is 23.1 Å². The van der Waals surface area contributed by atoms with Crippen molar-refractivity contribution in [2.24, 2.45) is 0 Å². The molecule has 1 heterocycles. The number of halogens is 3. The van der Waals surface area contributed by atoms with Gasteiger partial charge in [-0.25, -0.2) is 0 Å². The van der Waals surface area contributed by atoms with Crippen molar-refractivity contribution in [1.29, 1.82) is 0 Å². The Bertz CT molecular complexity index is 1370. The zero-order valence-corrected chi connectivity index (χ0v) is 25.7. The van der Waals surface area contributed by atoms with Crippen molar-refractivity contribution in [3.63, 3.8) is 0 Å². The van der Waals surface area contributed by atoms with Crippen LogP contribution in [0.2, 0.25) is 0 Å². The Balaban J connectivity index is 1.53. The molecule has 1 amide bonds. The summed E-state index contributed by atoms with van der Waals surface area (Å²) >= 11 is 0. The van der Waals surface area contributed by atoms with Gasteiger partial charge >= 0.3 is 6.18 Å². The lowest BCUT2D eigenvalue weighted by Crippen LogP contribution is -2.48. The van der Waals surface area contributed by atoms with E-state index in [1.54, 1.807) is 22.5 Å². The van der Waals surface area contributed by atoms with Gasteiger partial charge in [0.25, 0.3) is 5.91 Å². The highest BCUT2D eigenvalue weighted by atomic mass is 32.3. The predicted molar refractivity (Wildman–Crippen MR) is 170 cm³/mol. The van der Waals surface area contributed by atoms with Gasteiger partial charge in [-0.15, -0.1) is 10.8 Å². The lowest BCUT2D eigenvalue weighted by Gasteiger charge is -2.43. The first-order valence-electron chi connectivity index (χ1n) is 15.0. The number of nitrogens with zero attached hydrogens (tertiary/aromatic N) is 1. The Morgan fingerprint density at radius 3 is 2.43 bits per heavy atom. The Labute approximate surface area is 259 Å². The van der Waals surface area contributed by atoms with Crippen molar-refractivity contribution < 1.29 is 32.2 Å². The first-order valence-corrected chi connectivity index (χ1v) is 16.7. The average molecular weight is 634 g/mol. The first kappa shape index (κ1) is 33.8. The summed E-state index contributed by atoms with van der Waals surface area (Å²) in [5, 5.41) is 17.2. The topological polar surface area (TPSA) is 105 Å². The maximum atomic E-state index is 13.7. The molecule has 11 heteroatoms. The summed E-state index contributed by atoms with van der Waals surface area (Å²) in [4.78, 5) is 13.7. The number of nitrogens with one attached hydrogen (secondary N) is 2. The van der Waals surface area contributed by atoms with Crippen LogP contribution in [0.5, 0.6) is 0 Å². The monoisotopic (exact) mass is 633 g/mol. The van der Waals surface area contributed by atoms with Gasteiger partial charge in [0, 0.05) is 25.2 Å². The van der Waals surface area contributed by atoms with Crippen LogP contribution in [0.4, 0.5) is 18.9 Å². The third-order valence-corrected chi connectivity index (χ3v) is 9.65. The number of hydrogen-bond acceptors (Lipinski definition) is 6. The van der Waals surface area contributed by atoms with E-state index in [1.165, 1.54) is 6.07 Å². The van der Waals surface area contributed by atoms with Crippen LogP contribution in [0, 0.1) is 0 Å². The van der Waals surface area contributed by atoms with E-state index in [2.05, 4.69) is 10.6 Å². The number of benzene rings is 3. The Kier molecular flexibility index (Phi) is 11.7. The van der Waals surface area contributed by atoms with Crippen molar-refractivity contribution in [1.82, 2.24) is 10.6 Å². The van der Waals surface area contributed by atoms with Crippen LogP contribution in [-0.4, -0.2) is 51.1 Å². The van der Waals surface area contributed by atoms with E-state index in [0.717, 1.165) is 48.9 Å². The number of aryl methyl sites for hydroxylation is 1. The standard InChI is InChI=1S/C33H42F3N3O4S/c1-2-10-25-17-27(21-29(19-25)39-15-7-4-8-16-44(39,42)43)32(41)38-30(20-24-11-5-3-6-12-24)31(40)23-37-22-26-13-9-14-28(18-26)33(34,35)36/h3,5-6,9,11-14,17-19,21,30-31,37,40,42-43H,2,4,7-8,10,15-16,20,22-23H2,1H3,(H,38,41)/t30-,31-/m0/s1. The lowest BCUT2D eigenvalue weighted by atomic mass is 9.99. The average Bonchev–Trinajstić information content (AvgIpc) is 3.17. The molecule has 3 aromatic carbocycles. The number of alkyl halides is 3. The van der Waals surface area contributed by atoms with Gasteiger partial charge in [-0.05, 0) is 73.1 Å². The number of carbonyl (C=O) groups excluding carboxylic acids is 1. The zero-order chi connectivity index (χ0) is 31.7. The van der Waals surface area contributed by atoms with Crippen molar-refractivity contribution >= 4 is 22.4 Å². The maximum absolute atomic E-state index is 13.7. The Morgan fingerprint density at radius 1 is 0.955 bits per heavy atom. The molecule has 1 aliphatic heterocycles. The lowest BCUT2D eigenvalue weighted by molar-refractivity contribution is -0.137. The van der Waals surface area contributed by atoms with Crippen molar-refractivity contribution in [3.8, 4) is 0 Å². The van der Waals surface area contributed by atoms with Gasteiger partial charge in [-0.2, -0.15) is 13.2 Å². The minimum Gasteiger partial charge on any atom is -0.390 e. The normalized spacial score (nSPS) is 17.4. The van der Waals surface area contributed by atoms with Crippen LogP contribution in [0.25, 0.3) is 0 Å². The highest BCUT2D eigenvalue weighted by Crippen LogP contribution is 2.49. The highest BCUT2D eigenvalue weighted by molar-refractivity contribution is 8.25. The molecule has 5 N–H and O–H groups in total. The molecule has 0 saturated carbocycles. The zero-order valence-electron chi connectivity index (χ0n) is 24.9. The second kappa shape index (κ2) is 15.3. The van der Waals surface area contributed by atoms with Gasteiger partial charge in [-0.1, -0.05) is 61.9 Å². The fraction of sp³-hybridized carbons (Fsp3) is 0.424. The third-order valence-electron chi connectivity index (χ3n) is 7.72. The van der Waals surface area contributed by atoms with Gasteiger partial charge in [0.1, 0.15) is 0 Å². The summed E-state index contributed by atoms with van der Waals surface area (Å²) in [5.41, 5.74) is 2.43. The Morgan fingerprint density at radius 2 is 1.70 bits per heavy atom. The van der Waals surface area contributed by atoms with Gasteiger partial charge in [0.15, 0.2) is 0 Å². The summed E-state index contributed by atoms with van der Waals surface area (Å²) < 4.78 is 62.8. The molecule has 1 fully saturated rings. The Hall–Kier alpha value is -3.09. The maximum Gasteiger partial charge on any atom is 0.416 e. The minimum atomic E-state index is -4.45. The number of hydrogen-bond donors (Lipinski definition) is 5. The quantitative estimate of drug-likeness (QED) is 0.150. The minimum absolute atomic E-state index is 0.0316. The third kappa shape index (κ3) is 9.45. The van der Waals surface area contributed by atoms with Gasteiger partial charge < -0.3 is 15.7 Å². The van der Waals surface area contributed by atoms with Gasteiger partial charge in [0.2, 0.25) is 0 Å². The molecule has 0 unspecified atom stereocenters. The largest absolute Gasteiger partial charge is 0.416 e. The van der Waals surface area contributed by atoms with E-state index in [9.17, 15) is 32.2 Å². The molecule has 4 rings (SSSR count). The summed E-state index contributed by atoms with van der Waals surface area (Å²) in [6, 6.07) is 19.1. The molecule has 2 atom stereocenters. The SMILES string of the molecule is CCCc1cc(C(=O)N[C@@H](Cc2ccccc2)[C@@H](O)CNCc2cccc(C(F)(F)F)c2)cc(N2CCCCCS2(O)O)c1. The van der Waals surface area contributed by atoms with Crippen LogP contribution >= 0.6 is 10.8 Å². The van der Waals surface area contributed by atoms with E-state index in [1.807, 2.05) is 43.3 Å². The molecule has 1 aliphatic rings. The number of anilines is 1.